The fourth-order valence-electron chi connectivity index (χ4n) is 3.07. The largest absolute Gasteiger partial charge is 0.381 e. The van der Waals surface area contributed by atoms with Crippen LogP contribution < -0.4 is 10.6 Å². The molecule has 0 aliphatic carbocycles. The Labute approximate surface area is 166 Å². The average Bonchev–Trinajstić information content (AvgIpc) is 2.53. The molecule has 0 rings (SSSR count). The first-order valence-electron chi connectivity index (χ1n) is 10.2. The number of carbonyl (C=O) groups is 2. The van der Waals surface area contributed by atoms with Crippen LogP contribution in [0.1, 0.15) is 74.1 Å². The van der Waals surface area contributed by atoms with Crippen molar-refractivity contribution in [2.45, 2.75) is 80.3 Å². The lowest BCUT2D eigenvalue weighted by atomic mass is 9.76. The van der Waals surface area contributed by atoms with Gasteiger partial charge < -0.3 is 20.1 Å². The summed E-state index contributed by atoms with van der Waals surface area (Å²) in [6.07, 6.45) is 2.95. The molecule has 0 saturated heterocycles. The summed E-state index contributed by atoms with van der Waals surface area (Å²) in [5, 5.41) is 5.83. The molecule has 0 bridgehead atoms. The number of hydrogen-bond acceptors (Lipinski definition) is 4. The zero-order chi connectivity index (χ0) is 20.9. The SMILES string of the molecule is CCCOCCC(=O)NCCOC(C)CCNC(=O)C(C)(C)CC(C)(C)C. The van der Waals surface area contributed by atoms with Crippen molar-refractivity contribution < 1.29 is 19.1 Å². The molecule has 2 N–H and O–H groups in total. The highest BCUT2D eigenvalue weighted by Crippen LogP contribution is 2.33. The third-order valence-electron chi connectivity index (χ3n) is 4.07. The van der Waals surface area contributed by atoms with Crippen LogP contribution in [0.5, 0.6) is 0 Å². The van der Waals surface area contributed by atoms with Gasteiger partial charge in [0, 0.05) is 31.5 Å². The van der Waals surface area contributed by atoms with Crippen LogP contribution in [-0.2, 0) is 19.1 Å². The molecule has 0 fully saturated rings. The van der Waals surface area contributed by atoms with Crippen LogP contribution in [0.25, 0.3) is 0 Å². The highest BCUT2D eigenvalue weighted by molar-refractivity contribution is 5.81. The van der Waals surface area contributed by atoms with Crippen LogP contribution >= 0.6 is 0 Å². The van der Waals surface area contributed by atoms with E-state index < -0.39 is 0 Å². The second kappa shape index (κ2) is 13.1. The number of rotatable bonds is 14. The van der Waals surface area contributed by atoms with E-state index in [0.717, 1.165) is 19.3 Å². The lowest BCUT2D eigenvalue weighted by Crippen LogP contribution is -2.40. The fourth-order valence-corrected chi connectivity index (χ4v) is 3.07. The first-order chi connectivity index (χ1) is 12.5. The highest BCUT2D eigenvalue weighted by Gasteiger charge is 2.32. The van der Waals surface area contributed by atoms with E-state index in [0.29, 0.717) is 39.3 Å². The number of hydrogen-bond donors (Lipinski definition) is 2. The quantitative estimate of drug-likeness (QED) is 0.449. The first kappa shape index (κ1) is 25.9. The van der Waals surface area contributed by atoms with Crippen molar-refractivity contribution in [2.75, 3.05) is 32.9 Å². The number of nitrogens with one attached hydrogen (secondary N) is 2. The summed E-state index contributed by atoms with van der Waals surface area (Å²) in [4.78, 5) is 24.0. The van der Waals surface area contributed by atoms with Crippen molar-refractivity contribution in [3.8, 4) is 0 Å². The van der Waals surface area contributed by atoms with Gasteiger partial charge in [-0.15, -0.1) is 0 Å². The molecule has 2 amide bonds. The van der Waals surface area contributed by atoms with E-state index in [1.165, 1.54) is 0 Å². The Hall–Kier alpha value is -1.14. The van der Waals surface area contributed by atoms with Crippen molar-refractivity contribution in [2.24, 2.45) is 10.8 Å². The molecular weight excluding hydrogens is 344 g/mol. The van der Waals surface area contributed by atoms with Crippen molar-refractivity contribution in [3.63, 3.8) is 0 Å². The minimum Gasteiger partial charge on any atom is -0.381 e. The minimum atomic E-state index is -0.381. The van der Waals surface area contributed by atoms with Crippen LogP contribution in [0.15, 0.2) is 0 Å². The second-order valence-electron chi connectivity index (χ2n) is 9.06. The first-order valence-corrected chi connectivity index (χ1v) is 10.2. The predicted octanol–water partition coefficient (Wildman–Crippen LogP) is 3.29. The maximum absolute atomic E-state index is 12.4. The van der Waals surface area contributed by atoms with Crippen LogP contribution in [0.2, 0.25) is 0 Å². The number of amides is 2. The zero-order valence-corrected chi connectivity index (χ0v) is 18.6. The molecule has 0 heterocycles. The van der Waals surface area contributed by atoms with E-state index in [2.05, 4.69) is 31.4 Å². The highest BCUT2D eigenvalue weighted by atomic mass is 16.5. The van der Waals surface area contributed by atoms with Gasteiger partial charge in [0.2, 0.25) is 11.8 Å². The Kier molecular flexibility index (Phi) is 12.6. The van der Waals surface area contributed by atoms with Gasteiger partial charge in [-0.05, 0) is 31.6 Å². The second-order valence-corrected chi connectivity index (χ2v) is 9.06. The van der Waals surface area contributed by atoms with Crippen LogP contribution in [0.3, 0.4) is 0 Å². The summed E-state index contributed by atoms with van der Waals surface area (Å²) in [7, 11) is 0. The van der Waals surface area contributed by atoms with E-state index in [-0.39, 0.29) is 28.7 Å². The number of carbonyl (C=O) groups excluding carboxylic acids is 2. The van der Waals surface area contributed by atoms with E-state index >= 15 is 0 Å². The maximum Gasteiger partial charge on any atom is 0.225 e. The molecule has 0 spiro atoms. The van der Waals surface area contributed by atoms with Gasteiger partial charge in [-0.25, -0.2) is 0 Å². The molecule has 0 aliphatic heterocycles. The van der Waals surface area contributed by atoms with Gasteiger partial charge >= 0.3 is 0 Å². The fraction of sp³-hybridized carbons (Fsp3) is 0.905. The van der Waals surface area contributed by atoms with Gasteiger partial charge in [0.05, 0.1) is 19.3 Å². The van der Waals surface area contributed by atoms with E-state index in [9.17, 15) is 9.59 Å². The van der Waals surface area contributed by atoms with Crippen molar-refractivity contribution >= 4 is 11.8 Å². The molecule has 0 aromatic heterocycles. The van der Waals surface area contributed by atoms with E-state index in [1.807, 2.05) is 27.7 Å². The number of ether oxygens (including phenoxy) is 2. The molecule has 6 nitrogen and oxygen atoms in total. The predicted molar refractivity (Wildman–Crippen MR) is 110 cm³/mol. The summed E-state index contributed by atoms with van der Waals surface area (Å²) < 4.78 is 11.0. The standard InChI is InChI=1S/C21H42N2O4/c1-8-13-26-14-10-18(24)22-12-15-27-17(2)9-11-23-19(25)21(6,7)16-20(3,4)5/h17H,8-16H2,1-7H3,(H,22,24)(H,23,25). The topological polar surface area (TPSA) is 76.7 Å². The van der Waals surface area contributed by atoms with Crippen LogP contribution in [0.4, 0.5) is 0 Å². The third kappa shape index (κ3) is 14.6. The van der Waals surface area contributed by atoms with E-state index in [1.54, 1.807) is 0 Å². The molecule has 6 heteroatoms. The zero-order valence-electron chi connectivity index (χ0n) is 18.6. The molecule has 160 valence electrons. The maximum atomic E-state index is 12.4. The molecule has 27 heavy (non-hydrogen) atoms. The van der Waals surface area contributed by atoms with E-state index in [4.69, 9.17) is 9.47 Å². The van der Waals surface area contributed by atoms with Gasteiger partial charge in [0.15, 0.2) is 0 Å². The molecule has 0 aromatic rings. The molecule has 1 atom stereocenters. The summed E-state index contributed by atoms with van der Waals surface area (Å²) in [6, 6.07) is 0. The van der Waals surface area contributed by atoms with Crippen LogP contribution in [-0.4, -0.2) is 50.8 Å². The molecule has 0 aromatic carbocycles. The van der Waals surface area contributed by atoms with Gasteiger partial charge in [0.25, 0.3) is 0 Å². The molecule has 0 aliphatic rings. The molecular formula is C21H42N2O4. The van der Waals surface area contributed by atoms with Crippen molar-refractivity contribution in [3.05, 3.63) is 0 Å². The summed E-state index contributed by atoms with van der Waals surface area (Å²) in [6.45, 7) is 17.1. The smallest absolute Gasteiger partial charge is 0.225 e. The average molecular weight is 387 g/mol. The van der Waals surface area contributed by atoms with Gasteiger partial charge in [-0.3, -0.25) is 9.59 Å². The van der Waals surface area contributed by atoms with Gasteiger partial charge in [-0.2, -0.15) is 0 Å². The Bertz CT molecular complexity index is 430. The summed E-state index contributed by atoms with van der Waals surface area (Å²) in [5.74, 6) is 0.0675. The van der Waals surface area contributed by atoms with Gasteiger partial charge in [-0.1, -0.05) is 41.5 Å². The molecule has 0 saturated carbocycles. The van der Waals surface area contributed by atoms with Crippen LogP contribution in [0, 0.1) is 10.8 Å². The van der Waals surface area contributed by atoms with Gasteiger partial charge in [0.1, 0.15) is 0 Å². The lowest BCUT2D eigenvalue weighted by molar-refractivity contribution is -0.131. The van der Waals surface area contributed by atoms with Crippen molar-refractivity contribution in [1.29, 1.82) is 0 Å². The normalized spacial score (nSPS) is 13.3. The summed E-state index contributed by atoms with van der Waals surface area (Å²) in [5.41, 5.74) is -0.267. The lowest BCUT2D eigenvalue weighted by Gasteiger charge is -2.31. The Morgan fingerprint density at radius 2 is 1.63 bits per heavy atom. The minimum absolute atomic E-state index is 0.0179. The monoisotopic (exact) mass is 386 g/mol. The molecule has 0 radical (unpaired) electrons. The molecule has 1 unspecified atom stereocenters. The Morgan fingerprint density at radius 3 is 2.22 bits per heavy atom. The summed E-state index contributed by atoms with van der Waals surface area (Å²) >= 11 is 0. The Morgan fingerprint density at radius 1 is 0.963 bits per heavy atom. The third-order valence-corrected chi connectivity index (χ3v) is 4.07. The van der Waals surface area contributed by atoms with Crippen molar-refractivity contribution in [1.82, 2.24) is 10.6 Å². The Balaban J connectivity index is 3.81.